The Balaban J connectivity index is 0.000000150. The number of nitrogens with zero attached hydrogens (tertiary/aromatic N) is 4. The second kappa shape index (κ2) is 53.0. The number of hydrogen-bond donors (Lipinski definition) is 4. The van der Waals surface area contributed by atoms with Gasteiger partial charge in [-0.1, -0.05) is 444 Å². The summed E-state index contributed by atoms with van der Waals surface area (Å²) in [6.07, 6.45) is 5.31. The minimum atomic E-state index is -1.46. The second-order valence-electron chi connectivity index (χ2n) is 38.2. The molecule has 16 aromatic carbocycles. The van der Waals surface area contributed by atoms with E-state index in [-0.39, 0.29) is 64.2 Å². The van der Waals surface area contributed by atoms with Crippen LogP contribution in [0.15, 0.2) is 459 Å². The van der Waals surface area contributed by atoms with Crippen molar-refractivity contribution in [1.82, 2.24) is 19.1 Å². The van der Waals surface area contributed by atoms with E-state index in [2.05, 4.69) is 366 Å². The molecule has 20 aromatic rings. The average Bonchev–Trinajstić information content (AvgIpc) is 0.753. The molecule has 0 saturated carbocycles. The zero-order valence-corrected chi connectivity index (χ0v) is 90.1. The van der Waals surface area contributed by atoms with Crippen molar-refractivity contribution in [3.63, 3.8) is 0 Å². The third kappa shape index (κ3) is 29.1. The summed E-state index contributed by atoms with van der Waals surface area (Å²) in [5.41, 5.74) is 19.5. The number of fused-ring (bicyclic) bond motifs is 6. The number of hydrogen-bond acceptors (Lipinski definition) is 8. The number of aromatic nitrogens is 4. The summed E-state index contributed by atoms with van der Waals surface area (Å²) in [6.45, 7) is 28.6. The van der Waals surface area contributed by atoms with Crippen molar-refractivity contribution in [1.29, 1.82) is 0 Å². The summed E-state index contributed by atoms with van der Waals surface area (Å²) in [4.78, 5) is 35.1. The number of benzene rings is 16. The van der Waals surface area contributed by atoms with Gasteiger partial charge in [-0.15, -0.1) is 0 Å². The van der Waals surface area contributed by atoms with Crippen LogP contribution in [-0.4, -0.2) is 56.8 Å². The molecule has 0 unspecified atom stereocenters. The van der Waals surface area contributed by atoms with Crippen molar-refractivity contribution in [2.75, 3.05) is 0 Å². The number of aromatic hydroxyl groups is 2. The van der Waals surface area contributed by atoms with Crippen LogP contribution in [0.25, 0.3) is 77.2 Å². The molecule has 0 saturated heterocycles. The average molecular weight is 2130 g/mol. The van der Waals surface area contributed by atoms with Crippen LogP contribution >= 0.6 is 54.4 Å². The van der Waals surface area contributed by atoms with Gasteiger partial charge in [0.2, 0.25) is 0 Å². The number of phenolic OH excluding ortho intramolecular Hbond substituents is 2. The molecule has 0 radical (unpaired) electrons. The first-order chi connectivity index (χ1) is 70.0. The van der Waals surface area contributed by atoms with Gasteiger partial charge in [0.25, 0.3) is 11.1 Å². The fourth-order valence-electron chi connectivity index (χ4n) is 18.2. The van der Waals surface area contributed by atoms with Crippen molar-refractivity contribution in [3.05, 3.63) is 514 Å². The smallest absolute Gasteiger partial charge is 0.0134 e. The number of pyridine rings is 4. The van der Waals surface area contributed by atoms with Gasteiger partial charge in [0.1, 0.15) is 11.5 Å². The zero-order valence-electron chi connectivity index (χ0n) is 83.6. The van der Waals surface area contributed by atoms with Crippen molar-refractivity contribution >= 4 is 148 Å². The molecule has 4 aromatic heterocycles. The van der Waals surface area contributed by atoms with Crippen LogP contribution in [0.4, 0.5) is 0 Å². The molecule has 0 spiro atoms. The van der Waals surface area contributed by atoms with Gasteiger partial charge in [-0.2, -0.15) is 0 Å². The fourth-order valence-corrected chi connectivity index (χ4v) is 27.1. The Morgan fingerprint density at radius 3 is 1.01 bits per heavy atom. The molecule has 742 valence electrons. The van der Waals surface area contributed by atoms with Gasteiger partial charge in [0, 0.05) is 62.5 Å². The number of halogens is 3. The van der Waals surface area contributed by atoms with E-state index in [1.807, 2.05) is 121 Å². The van der Waals surface area contributed by atoms with E-state index in [1.165, 1.54) is 106 Å². The Morgan fingerprint density at radius 2 is 0.671 bits per heavy atom. The summed E-state index contributed by atoms with van der Waals surface area (Å²) in [7, 11) is 6.91. The summed E-state index contributed by atoms with van der Waals surface area (Å²) >= 11 is 6.13. The van der Waals surface area contributed by atoms with E-state index >= 15 is 0 Å². The summed E-state index contributed by atoms with van der Waals surface area (Å²) in [5.74, 6) is 1.89. The maximum atomic E-state index is 13.2. The molecule has 0 aliphatic rings. The fraction of sp³-hybridized carbons (Fsp3) is 0.156. The normalized spacial score (nSPS) is 11.2. The maximum Gasteiger partial charge on any atom is -0.0134 e. The molecule has 0 fully saturated rings. The molecule has 0 bridgehead atoms. The molecule has 0 aliphatic heterocycles. The molecule has 4 heterocycles. The first-order valence-corrected chi connectivity index (χ1v) is 57.0. The Bertz CT molecular complexity index is 7350. The molecular formula is C128H125BCl3N4O6P3Pd. The third-order valence-corrected chi connectivity index (χ3v) is 33.3. The first-order valence-electron chi connectivity index (χ1n) is 48.6. The molecule has 10 nitrogen and oxygen atoms in total. The molecule has 4 N–H and O–H groups in total. The topological polar surface area (TPSA) is 151 Å². The number of phenols is 2. The SMILES string of the molecule is C.CC(C)c1cc(C(C)C)c(-c2ccccc2P(C(C)(C)C)C(C)(C)C)c(C(C)C)c1.O=c1ccc2cnc3ccc(-c4ccc(O)cc4)cc3c2n1-c1ccc(Cc2ccccc2)cc1.O=c1ccc2cnc3ccc(Cl)cc3c2n1-c1ccc(Cc2ccccc2)cc1.OB(O)c1ccc(O)cc1.[Cl][Pd][Cl].c1ccc(P(c2ccccc2)c2ccccc2)cc1.c1ccc(P(c2ccccc2)c2ccccc2)cc1. The van der Waals surface area contributed by atoms with Crippen LogP contribution in [0.3, 0.4) is 0 Å². The van der Waals surface area contributed by atoms with Gasteiger partial charge in [-0.25, -0.2) is 0 Å². The van der Waals surface area contributed by atoms with Gasteiger partial charge in [-0.05, 0) is 252 Å². The largest absolute Gasteiger partial charge is 0.0622 e. The van der Waals surface area contributed by atoms with E-state index in [1.54, 1.807) is 44.9 Å². The van der Waals surface area contributed by atoms with Crippen LogP contribution in [0.1, 0.15) is 147 Å². The summed E-state index contributed by atoms with van der Waals surface area (Å²) in [6, 6.07) is 147. The van der Waals surface area contributed by atoms with Crippen molar-refractivity contribution < 1.29 is 36.2 Å². The third-order valence-electron chi connectivity index (χ3n) is 24.7. The Hall–Kier alpha value is -12.8. The monoisotopic (exact) mass is 2130 g/mol. The van der Waals surface area contributed by atoms with Crippen molar-refractivity contribution in [2.24, 2.45) is 0 Å². The number of rotatable bonds is 19. The van der Waals surface area contributed by atoms with Gasteiger partial charge in [0.15, 0.2) is 0 Å². The van der Waals surface area contributed by atoms with Crippen LogP contribution in [-0.2, 0) is 28.8 Å². The van der Waals surface area contributed by atoms with E-state index in [9.17, 15) is 14.7 Å². The molecular weight excluding hydrogens is 2010 g/mol. The van der Waals surface area contributed by atoms with Gasteiger partial charge < -0.3 is 20.3 Å². The molecule has 0 aliphatic carbocycles. The van der Waals surface area contributed by atoms with Gasteiger partial charge >= 0.3 is 42.1 Å². The predicted molar refractivity (Wildman–Crippen MR) is 627 cm³/mol. The zero-order chi connectivity index (χ0) is 103. The predicted octanol–water partition coefficient (Wildman–Crippen LogP) is 29.7. The van der Waals surface area contributed by atoms with E-state index < -0.39 is 23.0 Å². The molecule has 0 amide bonds. The van der Waals surface area contributed by atoms with Crippen molar-refractivity contribution in [2.45, 2.75) is 131 Å². The van der Waals surface area contributed by atoms with Crippen molar-refractivity contribution in [3.8, 4) is 45.1 Å². The summed E-state index contributed by atoms with van der Waals surface area (Å²) in [5, 5.41) is 50.2. The maximum absolute atomic E-state index is 13.2. The van der Waals surface area contributed by atoms with E-state index in [0.29, 0.717) is 28.2 Å². The van der Waals surface area contributed by atoms with E-state index in [0.717, 1.165) is 79.0 Å². The summed E-state index contributed by atoms with van der Waals surface area (Å²) < 4.78 is 3.51. The van der Waals surface area contributed by atoms with Gasteiger partial charge in [-0.3, -0.25) is 28.7 Å². The minimum absolute atomic E-state index is 0. The minimum Gasteiger partial charge on any atom is -0.0622 e. The first kappa shape index (κ1) is 110. The molecule has 0 atom stereocenters. The Kier molecular flexibility index (Phi) is 40.1. The van der Waals surface area contributed by atoms with Gasteiger partial charge in [0.05, 0.1) is 22.1 Å². The molecule has 20 rings (SSSR count). The quantitative estimate of drug-likeness (QED) is 0.0355. The van der Waals surface area contributed by atoms with E-state index in [4.69, 9.17) is 45.8 Å². The van der Waals surface area contributed by atoms with Crippen LogP contribution in [0, 0.1) is 0 Å². The van der Waals surface area contributed by atoms with Crippen LogP contribution in [0.5, 0.6) is 11.5 Å². The van der Waals surface area contributed by atoms with Crippen LogP contribution in [0.2, 0.25) is 5.02 Å². The molecule has 146 heavy (non-hydrogen) atoms. The van der Waals surface area contributed by atoms with Crippen LogP contribution < -0.4 is 53.7 Å². The standard InChI is InChI=1S/C31H22N2O2.C29H45P.C25H17ClN2O.2C18H15P.C6H7BO3.CH4.2ClH.Pd/c34-27-14-8-23(9-15-27)24-10-16-29-28(19-24)31-25(20-32-29)11-17-30(35)33(31)26-12-6-22(7-13-26)18-21-4-2-1-3-5-21;1-19(2)22-17-24(20(3)4)27(25(18-22)21(5)6)23-15-13-14-16-26(23)30(28(7,8)9)29(10,11)12;26-20-9-12-23-22(15-20)25-19(16-27-23)8-13-24(29)28(25)21-10-6-18(7-11-21)14-17-4-2-1-3-5-17;2*1-4-10-16(11-5-1)19(17-12-6-2-7-13-17)18-14-8-3-9-15-18;8-6-3-1-5(2-4-6)7(9)10;;;;/h1-17,19-20,34H,18H2;13-21H,1-12H3;1-13,15-16H,14H2;2*1-15H;1-4,8-10H;1H4;2*1H;/q;;;;;;;;;+2/p-2. The Labute approximate surface area is 886 Å². The Morgan fingerprint density at radius 1 is 0.356 bits per heavy atom. The second-order valence-corrected chi connectivity index (χ2v) is 49.2. The molecule has 18 heteroatoms.